The molecule has 0 bridgehead atoms. The molecule has 0 unspecified atom stereocenters. The molecule has 0 N–H and O–H groups in total. The molecule has 3 fully saturated rings. The predicted octanol–water partition coefficient (Wildman–Crippen LogP) is 1.65. The van der Waals surface area contributed by atoms with E-state index in [-0.39, 0.29) is 17.9 Å². The van der Waals surface area contributed by atoms with Gasteiger partial charge < -0.3 is 9.80 Å². The minimum absolute atomic E-state index is 0.273. The molecule has 3 rings (SSSR count). The molecule has 0 spiro atoms. The summed E-state index contributed by atoms with van der Waals surface area (Å²) in [4.78, 5) is 28.3. The number of carbonyl (C=O) groups excluding carboxylic acids is 2. The molecule has 2 amide bonds. The van der Waals surface area contributed by atoms with Crippen LogP contribution in [0.2, 0.25) is 0 Å². The van der Waals surface area contributed by atoms with E-state index in [1.165, 1.54) is 6.42 Å². The van der Waals surface area contributed by atoms with Crippen LogP contribution in [-0.2, 0) is 9.59 Å². The van der Waals surface area contributed by atoms with E-state index in [9.17, 15) is 9.59 Å². The molecule has 0 radical (unpaired) electrons. The highest BCUT2D eigenvalue weighted by Gasteiger charge is 2.43. The highest BCUT2D eigenvalue weighted by molar-refractivity contribution is 5.82. The van der Waals surface area contributed by atoms with E-state index >= 15 is 0 Å². The van der Waals surface area contributed by atoms with Gasteiger partial charge in [0.2, 0.25) is 11.8 Å². The Hall–Kier alpha value is -1.06. The van der Waals surface area contributed by atoms with Gasteiger partial charge in [-0.25, -0.2) is 0 Å². The average molecular weight is 264 g/mol. The predicted molar refractivity (Wildman–Crippen MR) is 72.4 cm³/mol. The number of piperidine rings is 1. The van der Waals surface area contributed by atoms with Crippen molar-refractivity contribution in [3.63, 3.8) is 0 Å². The van der Waals surface area contributed by atoms with Crippen molar-refractivity contribution in [1.29, 1.82) is 0 Å². The summed E-state index contributed by atoms with van der Waals surface area (Å²) in [7, 11) is 0. The lowest BCUT2D eigenvalue weighted by atomic mass is 10.0. The Labute approximate surface area is 115 Å². The van der Waals surface area contributed by atoms with Gasteiger partial charge in [0.1, 0.15) is 0 Å². The molecule has 4 heteroatoms. The smallest absolute Gasteiger partial charge is 0.226 e. The number of nitrogens with zero attached hydrogens (tertiary/aromatic N) is 2. The van der Waals surface area contributed by atoms with Crippen LogP contribution in [-0.4, -0.2) is 47.3 Å². The summed E-state index contributed by atoms with van der Waals surface area (Å²) in [5.74, 6) is 1.47. The van der Waals surface area contributed by atoms with E-state index in [1.54, 1.807) is 0 Å². The minimum atomic E-state index is 0.273. The number of likely N-dealkylation sites (tertiary alicyclic amines) is 2. The standard InChI is InChI=1S/C15H24N2O2/c1-11-9-13(11)15(19)17-8-3-2-5-12(17)10-16-7-4-6-14(16)18/h11-13H,2-10H2,1H3/t11-,12-,13-/m1/s1. The maximum absolute atomic E-state index is 12.5. The summed E-state index contributed by atoms with van der Waals surface area (Å²) in [6.07, 6.45) is 6.12. The van der Waals surface area contributed by atoms with Crippen molar-refractivity contribution >= 4 is 11.8 Å². The molecule has 1 aliphatic carbocycles. The fourth-order valence-corrected chi connectivity index (χ4v) is 3.51. The van der Waals surface area contributed by atoms with Gasteiger partial charge in [-0.3, -0.25) is 9.59 Å². The molecular weight excluding hydrogens is 240 g/mol. The number of amides is 2. The summed E-state index contributed by atoms with van der Waals surface area (Å²) in [6.45, 7) is 4.71. The van der Waals surface area contributed by atoms with Crippen molar-refractivity contribution in [1.82, 2.24) is 9.80 Å². The molecule has 3 atom stereocenters. The van der Waals surface area contributed by atoms with Crippen LogP contribution >= 0.6 is 0 Å². The SMILES string of the molecule is C[C@@H]1C[C@H]1C(=O)N1CCCC[C@@H]1CN1CCCC1=O. The normalized spacial score (nSPS) is 34.8. The summed E-state index contributed by atoms with van der Waals surface area (Å²) in [5, 5.41) is 0. The quantitative estimate of drug-likeness (QED) is 0.777. The summed E-state index contributed by atoms with van der Waals surface area (Å²) in [6, 6.07) is 0.274. The largest absolute Gasteiger partial charge is 0.341 e. The first-order valence-corrected chi connectivity index (χ1v) is 7.75. The minimum Gasteiger partial charge on any atom is -0.341 e. The molecule has 4 nitrogen and oxygen atoms in total. The van der Waals surface area contributed by atoms with Crippen LogP contribution in [0, 0.1) is 11.8 Å². The molecule has 2 aliphatic heterocycles. The van der Waals surface area contributed by atoms with Gasteiger partial charge in [-0.15, -0.1) is 0 Å². The van der Waals surface area contributed by atoms with Gasteiger partial charge in [-0.05, 0) is 38.0 Å². The second-order valence-electron chi connectivity index (χ2n) is 6.44. The highest BCUT2D eigenvalue weighted by Crippen LogP contribution is 2.40. The van der Waals surface area contributed by atoms with E-state index < -0.39 is 0 Å². The highest BCUT2D eigenvalue weighted by atomic mass is 16.2. The topological polar surface area (TPSA) is 40.6 Å². The maximum Gasteiger partial charge on any atom is 0.226 e. The van der Waals surface area contributed by atoms with E-state index in [1.807, 2.05) is 4.90 Å². The Morgan fingerprint density at radius 2 is 2.05 bits per heavy atom. The monoisotopic (exact) mass is 264 g/mol. The molecule has 2 saturated heterocycles. The number of carbonyl (C=O) groups is 2. The van der Waals surface area contributed by atoms with Crippen LogP contribution in [0.15, 0.2) is 0 Å². The Balaban J connectivity index is 1.63. The third-order valence-corrected chi connectivity index (χ3v) is 4.94. The number of hydrogen-bond donors (Lipinski definition) is 0. The Bertz CT molecular complexity index is 382. The van der Waals surface area contributed by atoms with Crippen molar-refractivity contribution in [2.24, 2.45) is 11.8 Å². The van der Waals surface area contributed by atoms with Crippen molar-refractivity contribution in [3.8, 4) is 0 Å². The first-order valence-electron chi connectivity index (χ1n) is 7.75. The number of hydrogen-bond acceptors (Lipinski definition) is 2. The second kappa shape index (κ2) is 5.14. The van der Waals surface area contributed by atoms with Gasteiger partial charge in [0.25, 0.3) is 0 Å². The van der Waals surface area contributed by atoms with Crippen LogP contribution < -0.4 is 0 Å². The van der Waals surface area contributed by atoms with Crippen molar-refractivity contribution < 1.29 is 9.59 Å². The van der Waals surface area contributed by atoms with Gasteiger partial charge >= 0.3 is 0 Å². The Kier molecular flexibility index (Phi) is 3.50. The zero-order valence-electron chi connectivity index (χ0n) is 11.8. The van der Waals surface area contributed by atoms with Crippen LogP contribution in [0.5, 0.6) is 0 Å². The molecule has 19 heavy (non-hydrogen) atoms. The van der Waals surface area contributed by atoms with Gasteiger partial charge in [-0.1, -0.05) is 6.92 Å². The fraction of sp³-hybridized carbons (Fsp3) is 0.867. The summed E-state index contributed by atoms with van der Waals surface area (Å²) in [5.41, 5.74) is 0. The lowest BCUT2D eigenvalue weighted by molar-refractivity contribution is -0.139. The third kappa shape index (κ3) is 2.63. The van der Waals surface area contributed by atoms with Crippen LogP contribution in [0.4, 0.5) is 0 Å². The molecule has 0 aromatic rings. The fourth-order valence-electron chi connectivity index (χ4n) is 3.51. The average Bonchev–Trinajstić information content (AvgIpc) is 3.01. The molecule has 0 aromatic heterocycles. The van der Waals surface area contributed by atoms with Crippen LogP contribution in [0.3, 0.4) is 0 Å². The van der Waals surface area contributed by atoms with E-state index in [0.29, 0.717) is 18.2 Å². The molecule has 106 valence electrons. The third-order valence-electron chi connectivity index (χ3n) is 4.94. The lowest BCUT2D eigenvalue weighted by Crippen LogP contribution is -2.50. The van der Waals surface area contributed by atoms with Crippen LogP contribution in [0.25, 0.3) is 0 Å². The summed E-state index contributed by atoms with van der Waals surface area (Å²) < 4.78 is 0. The molecule has 3 aliphatic rings. The zero-order valence-corrected chi connectivity index (χ0v) is 11.8. The van der Waals surface area contributed by atoms with Crippen molar-refractivity contribution in [2.75, 3.05) is 19.6 Å². The maximum atomic E-state index is 12.5. The first kappa shape index (κ1) is 12.9. The van der Waals surface area contributed by atoms with E-state index in [0.717, 1.165) is 45.3 Å². The summed E-state index contributed by atoms with van der Waals surface area (Å²) >= 11 is 0. The molecular formula is C15H24N2O2. The zero-order chi connectivity index (χ0) is 13.4. The van der Waals surface area contributed by atoms with Gasteiger partial charge in [0.15, 0.2) is 0 Å². The molecule has 0 aromatic carbocycles. The second-order valence-corrected chi connectivity index (χ2v) is 6.44. The van der Waals surface area contributed by atoms with Crippen molar-refractivity contribution in [3.05, 3.63) is 0 Å². The number of rotatable bonds is 3. The van der Waals surface area contributed by atoms with E-state index in [4.69, 9.17) is 0 Å². The lowest BCUT2D eigenvalue weighted by Gasteiger charge is -2.38. The first-order chi connectivity index (χ1) is 9.16. The van der Waals surface area contributed by atoms with E-state index in [2.05, 4.69) is 11.8 Å². The molecule has 1 saturated carbocycles. The molecule has 2 heterocycles. The Morgan fingerprint density at radius 1 is 1.26 bits per heavy atom. The van der Waals surface area contributed by atoms with Crippen LogP contribution in [0.1, 0.15) is 45.4 Å². The van der Waals surface area contributed by atoms with Gasteiger partial charge in [0, 0.05) is 38.0 Å². The Morgan fingerprint density at radius 3 is 2.68 bits per heavy atom. The van der Waals surface area contributed by atoms with Gasteiger partial charge in [0.05, 0.1) is 0 Å². The van der Waals surface area contributed by atoms with Crippen molar-refractivity contribution in [2.45, 2.75) is 51.5 Å². The van der Waals surface area contributed by atoms with Gasteiger partial charge in [-0.2, -0.15) is 0 Å².